The number of nitrogens with one attached hydrogen (secondary N) is 2. The number of amides is 1. The fourth-order valence-electron chi connectivity index (χ4n) is 1.61. The summed E-state index contributed by atoms with van der Waals surface area (Å²) in [6, 6.07) is 1.87. The van der Waals surface area contributed by atoms with Crippen molar-refractivity contribution in [2.24, 2.45) is 0 Å². The number of anilines is 2. The van der Waals surface area contributed by atoms with E-state index < -0.39 is 0 Å². The van der Waals surface area contributed by atoms with Gasteiger partial charge in [0, 0.05) is 45.6 Å². The minimum atomic E-state index is 0.0996. The second-order valence-corrected chi connectivity index (χ2v) is 5.15. The molecule has 0 fully saturated rings. The van der Waals surface area contributed by atoms with Crippen LogP contribution < -0.4 is 10.6 Å². The first-order valence-corrected chi connectivity index (χ1v) is 7.01. The number of aromatic nitrogens is 2. The van der Waals surface area contributed by atoms with E-state index >= 15 is 0 Å². The lowest BCUT2D eigenvalue weighted by Gasteiger charge is -2.13. The average molecular weight is 279 g/mol. The van der Waals surface area contributed by atoms with Crippen molar-refractivity contribution in [2.45, 2.75) is 33.1 Å². The summed E-state index contributed by atoms with van der Waals surface area (Å²) in [5.41, 5.74) is 0. The molecule has 0 saturated heterocycles. The second kappa shape index (κ2) is 7.67. The molecule has 0 aliphatic rings. The van der Waals surface area contributed by atoms with Gasteiger partial charge in [-0.05, 0) is 6.92 Å². The number of nitrogens with zero attached hydrogens (tertiary/aromatic N) is 3. The van der Waals surface area contributed by atoms with E-state index in [0.29, 0.717) is 13.0 Å². The Balaban J connectivity index is 2.70. The summed E-state index contributed by atoms with van der Waals surface area (Å²) >= 11 is 0. The fraction of sp³-hybridized carbons (Fsp3) is 0.643. The quantitative estimate of drug-likeness (QED) is 0.798. The van der Waals surface area contributed by atoms with Crippen molar-refractivity contribution in [1.82, 2.24) is 14.9 Å². The molecule has 1 aromatic heterocycles. The molecular formula is C14H25N5O. The lowest BCUT2D eigenvalue weighted by molar-refractivity contribution is -0.128. The molecule has 1 heterocycles. The highest BCUT2D eigenvalue weighted by molar-refractivity contribution is 5.76. The Bertz CT molecular complexity index is 445. The minimum Gasteiger partial charge on any atom is -0.370 e. The topological polar surface area (TPSA) is 70.2 Å². The average Bonchev–Trinajstić information content (AvgIpc) is 2.38. The molecule has 0 atom stereocenters. The Morgan fingerprint density at radius 1 is 1.25 bits per heavy atom. The van der Waals surface area contributed by atoms with E-state index in [4.69, 9.17) is 0 Å². The molecule has 2 N–H and O–H groups in total. The van der Waals surface area contributed by atoms with E-state index in [2.05, 4.69) is 34.4 Å². The molecule has 6 nitrogen and oxygen atoms in total. The zero-order valence-electron chi connectivity index (χ0n) is 13.0. The SMILES string of the molecule is CCNc1cc(NCCC(=O)N(C)C)nc(C(C)C)n1. The Morgan fingerprint density at radius 2 is 1.85 bits per heavy atom. The predicted octanol–water partition coefficient (Wildman–Crippen LogP) is 1.92. The molecule has 0 aliphatic heterocycles. The third kappa shape index (κ3) is 5.03. The summed E-state index contributed by atoms with van der Waals surface area (Å²) in [5.74, 6) is 2.73. The van der Waals surface area contributed by atoms with Crippen molar-refractivity contribution in [3.63, 3.8) is 0 Å². The molecular weight excluding hydrogens is 254 g/mol. The molecule has 1 rings (SSSR count). The summed E-state index contributed by atoms with van der Waals surface area (Å²) in [7, 11) is 3.51. The van der Waals surface area contributed by atoms with Crippen molar-refractivity contribution >= 4 is 17.5 Å². The number of hydrogen-bond donors (Lipinski definition) is 2. The van der Waals surface area contributed by atoms with Gasteiger partial charge in [0.1, 0.15) is 17.5 Å². The van der Waals surface area contributed by atoms with Gasteiger partial charge in [-0.15, -0.1) is 0 Å². The van der Waals surface area contributed by atoms with Crippen LogP contribution in [0.4, 0.5) is 11.6 Å². The zero-order chi connectivity index (χ0) is 15.1. The molecule has 0 spiro atoms. The number of carbonyl (C=O) groups is 1. The Morgan fingerprint density at radius 3 is 2.35 bits per heavy atom. The molecule has 0 aliphatic carbocycles. The maximum Gasteiger partial charge on any atom is 0.223 e. The van der Waals surface area contributed by atoms with Gasteiger partial charge in [0.2, 0.25) is 5.91 Å². The summed E-state index contributed by atoms with van der Waals surface area (Å²) in [5, 5.41) is 6.38. The van der Waals surface area contributed by atoms with Gasteiger partial charge in [-0.25, -0.2) is 9.97 Å². The first-order valence-electron chi connectivity index (χ1n) is 7.01. The minimum absolute atomic E-state index is 0.0996. The van der Waals surface area contributed by atoms with E-state index in [1.807, 2.05) is 13.0 Å². The van der Waals surface area contributed by atoms with Crippen molar-refractivity contribution in [3.05, 3.63) is 11.9 Å². The smallest absolute Gasteiger partial charge is 0.223 e. The molecule has 0 bridgehead atoms. The predicted molar refractivity (Wildman–Crippen MR) is 82.1 cm³/mol. The number of carbonyl (C=O) groups excluding carboxylic acids is 1. The van der Waals surface area contributed by atoms with Crippen LogP contribution in [0.15, 0.2) is 6.07 Å². The summed E-state index contributed by atoms with van der Waals surface area (Å²) in [6.45, 7) is 7.53. The molecule has 6 heteroatoms. The van der Waals surface area contributed by atoms with Crippen molar-refractivity contribution in [3.8, 4) is 0 Å². The van der Waals surface area contributed by atoms with E-state index in [0.717, 1.165) is 24.0 Å². The normalized spacial score (nSPS) is 10.5. The van der Waals surface area contributed by atoms with E-state index in [1.165, 1.54) is 0 Å². The molecule has 112 valence electrons. The van der Waals surface area contributed by atoms with Gasteiger partial charge in [0.15, 0.2) is 0 Å². The molecule has 1 amide bonds. The Hall–Kier alpha value is -1.85. The highest BCUT2D eigenvalue weighted by atomic mass is 16.2. The van der Waals surface area contributed by atoms with Crippen LogP contribution >= 0.6 is 0 Å². The Labute approximate surface area is 121 Å². The monoisotopic (exact) mass is 279 g/mol. The van der Waals surface area contributed by atoms with Gasteiger partial charge in [0.05, 0.1) is 0 Å². The lowest BCUT2D eigenvalue weighted by Crippen LogP contribution is -2.24. The summed E-state index contributed by atoms with van der Waals surface area (Å²) < 4.78 is 0. The third-order valence-electron chi connectivity index (χ3n) is 2.76. The van der Waals surface area contributed by atoms with Crippen LogP contribution in [-0.4, -0.2) is 48.0 Å². The maximum absolute atomic E-state index is 11.5. The van der Waals surface area contributed by atoms with Gasteiger partial charge >= 0.3 is 0 Å². The van der Waals surface area contributed by atoms with Gasteiger partial charge < -0.3 is 15.5 Å². The van der Waals surface area contributed by atoms with Crippen LogP contribution in [-0.2, 0) is 4.79 Å². The maximum atomic E-state index is 11.5. The van der Waals surface area contributed by atoms with Crippen molar-refractivity contribution < 1.29 is 4.79 Å². The summed E-state index contributed by atoms with van der Waals surface area (Å²) in [6.07, 6.45) is 0.449. The summed E-state index contributed by atoms with van der Waals surface area (Å²) in [4.78, 5) is 22.0. The standard InChI is InChI=1S/C14H25N5O/c1-6-15-11-9-12(18-14(17-11)10(2)3)16-8-7-13(20)19(4)5/h9-10H,6-8H2,1-5H3,(H2,15,16,17,18). The van der Waals surface area contributed by atoms with Gasteiger partial charge in [-0.1, -0.05) is 13.8 Å². The fourth-order valence-corrected chi connectivity index (χ4v) is 1.61. The first-order chi connectivity index (χ1) is 9.43. The third-order valence-corrected chi connectivity index (χ3v) is 2.76. The van der Waals surface area contributed by atoms with E-state index in [-0.39, 0.29) is 11.8 Å². The van der Waals surface area contributed by atoms with Gasteiger partial charge in [-0.2, -0.15) is 0 Å². The van der Waals surface area contributed by atoms with Crippen LogP contribution in [0.1, 0.15) is 38.9 Å². The van der Waals surface area contributed by atoms with Crippen LogP contribution in [0.25, 0.3) is 0 Å². The molecule has 0 saturated carbocycles. The highest BCUT2D eigenvalue weighted by Gasteiger charge is 2.08. The van der Waals surface area contributed by atoms with Gasteiger partial charge in [0.25, 0.3) is 0 Å². The van der Waals surface area contributed by atoms with Crippen LogP contribution in [0.3, 0.4) is 0 Å². The molecule has 20 heavy (non-hydrogen) atoms. The van der Waals surface area contributed by atoms with Crippen molar-refractivity contribution in [1.29, 1.82) is 0 Å². The van der Waals surface area contributed by atoms with Crippen molar-refractivity contribution in [2.75, 3.05) is 37.8 Å². The van der Waals surface area contributed by atoms with E-state index in [1.54, 1.807) is 19.0 Å². The molecule has 0 aromatic carbocycles. The Kier molecular flexibility index (Phi) is 6.21. The second-order valence-electron chi connectivity index (χ2n) is 5.15. The molecule has 0 radical (unpaired) electrons. The zero-order valence-corrected chi connectivity index (χ0v) is 13.0. The molecule has 1 aromatic rings. The number of rotatable bonds is 7. The van der Waals surface area contributed by atoms with Gasteiger partial charge in [-0.3, -0.25) is 4.79 Å². The first kappa shape index (κ1) is 16.2. The number of hydrogen-bond acceptors (Lipinski definition) is 5. The highest BCUT2D eigenvalue weighted by Crippen LogP contribution is 2.16. The largest absolute Gasteiger partial charge is 0.370 e. The lowest BCUT2D eigenvalue weighted by atomic mass is 10.2. The van der Waals surface area contributed by atoms with Crippen LogP contribution in [0.2, 0.25) is 0 Å². The van der Waals surface area contributed by atoms with E-state index in [9.17, 15) is 4.79 Å². The molecule has 0 unspecified atom stereocenters. The van der Waals surface area contributed by atoms with Crippen LogP contribution in [0.5, 0.6) is 0 Å². The van der Waals surface area contributed by atoms with Crippen LogP contribution in [0, 0.1) is 0 Å².